The van der Waals surface area contributed by atoms with Gasteiger partial charge in [0, 0.05) is 24.0 Å². The Bertz CT molecular complexity index is 765. The van der Waals surface area contributed by atoms with Gasteiger partial charge in [0.1, 0.15) is 5.82 Å². The lowest BCUT2D eigenvalue weighted by molar-refractivity contribution is -0.120. The third-order valence-electron chi connectivity index (χ3n) is 3.79. The summed E-state index contributed by atoms with van der Waals surface area (Å²) in [7, 11) is 0. The van der Waals surface area contributed by atoms with Gasteiger partial charge in [0.15, 0.2) is 0 Å². The average Bonchev–Trinajstić information content (AvgIpc) is 2.58. The van der Waals surface area contributed by atoms with Crippen LogP contribution in [0.15, 0.2) is 46.9 Å². The SMILES string of the molecule is Cc1ccccc1CCNC(=O)CCNC(=O)c1cc(F)ccc1Br. The van der Waals surface area contributed by atoms with Gasteiger partial charge in [-0.1, -0.05) is 24.3 Å². The molecule has 0 radical (unpaired) electrons. The van der Waals surface area contributed by atoms with E-state index in [1.54, 1.807) is 0 Å². The van der Waals surface area contributed by atoms with Gasteiger partial charge < -0.3 is 10.6 Å². The number of rotatable bonds is 7. The zero-order valence-corrected chi connectivity index (χ0v) is 15.5. The molecule has 0 aliphatic carbocycles. The highest BCUT2D eigenvalue weighted by Crippen LogP contribution is 2.17. The van der Waals surface area contributed by atoms with Gasteiger partial charge in [-0.05, 0) is 58.6 Å². The lowest BCUT2D eigenvalue weighted by Gasteiger charge is -2.09. The molecule has 0 atom stereocenters. The van der Waals surface area contributed by atoms with E-state index < -0.39 is 11.7 Å². The molecule has 0 aliphatic heterocycles. The summed E-state index contributed by atoms with van der Waals surface area (Å²) >= 11 is 3.21. The van der Waals surface area contributed by atoms with Crippen molar-refractivity contribution >= 4 is 27.7 Å². The minimum Gasteiger partial charge on any atom is -0.356 e. The van der Waals surface area contributed by atoms with E-state index >= 15 is 0 Å². The minimum absolute atomic E-state index is 0.132. The first-order valence-corrected chi connectivity index (χ1v) is 8.81. The topological polar surface area (TPSA) is 58.2 Å². The summed E-state index contributed by atoms with van der Waals surface area (Å²) in [5.41, 5.74) is 2.61. The van der Waals surface area contributed by atoms with Gasteiger partial charge in [-0.25, -0.2) is 4.39 Å². The highest BCUT2D eigenvalue weighted by Gasteiger charge is 2.11. The number of amides is 2. The van der Waals surface area contributed by atoms with Crippen LogP contribution in [0.25, 0.3) is 0 Å². The molecule has 4 nitrogen and oxygen atoms in total. The van der Waals surface area contributed by atoms with Crippen molar-refractivity contribution < 1.29 is 14.0 Å². The summed E-state index contributed by atoms with van der Waals surface area (Å²) in [5.74, 6) is -1.03. The Morgan fingerprint density at radius 1 is 1.08 bits per heavy atom. The van der Waals surface area contributed by atoms with E-state index in [2.05, 4.69) is 26.6 Å². The van der Waals surface area contributed by atoms with Crippen molar-refractivity contribution in [1.82, 2.24) is 10.6 Å². The maximum atomic E-state index is 13.2. The number of aryl methyl sites for hydroxylation is 1. The van der Waals surface area contributed by atoms with E-state index in [0.717, 1.165) is 12.5 Å². The van der Waals surface area contributed by atoms with Crippen molar-refractivity contribution in [1.29, 1.82) is 0 Å². The second-order valence-corrected chi connectivity index (χ2v) is 6.51. The highest BCUT2D eigenvalue weighted by molar-refractivity contribution is 9.10. The Hall–Kier alpha value is -2.21. The lowest BCUT2D eigenvalue weighted by Crippen LogP contribution is -2.31. The maximum Gasteiger partial charge on any atom is 0.252 e. The summed E-state index contributed by atoms with van der Waals surface area (Å²) in [6, 6.07) is 11.9. The number of hydrogen-bond acceptors (Lipinski definition) is 2. The molecule has 2 aromatic rings. The van der Waals surface area contributed by atoms with Crippen molar-refractivity contribution in [2.75, 3.05) is 13.1 Å². The van der Waals surface area contributed by atoms with Crippen LogP contribution < -0.4 is 10.6 Å². The van der Waals surface area contributed by atoms with Crippen LogP contribution in [0.2, 0.25) is 0 Å². The molecule has 0 aromatic heterocycles. The maximum absolute atomic E-state index is 13.2. The lowest BCUT2D eigenvalue weighted by atomic mass is 10.1. The molecule has 0 aliphatic rings. The van der Waals surface area contributed by atoms with Gasteiger partial charge in [-0.2, -0.15) is 0 Å². The molecule has 132 valence electrons. The van der Waals surface area contributed by atoms with E-state index in [9.17, 15) is 14.0 Å². The molecule has 0 saturated carbocycles. The van der Waals surface area contributed by atoms with Gasteiger partial charge in [0.2, 0.25) is 5.91 Å². The van der Waals surface area contributed by atoms with Crippen LogP contribution >= 0.6 is 15.9 Å². The van der Waals surface area contributed by atoms with Gasteiger partial charge in [0.25, 0.3) is 5.91 Å². The number of benzene rings is 2. The summed E-state index contributed by atoms with van der Waals surface area (Å²) in [4.78, 5) is 23.8. The fourth-order valence-corrected chi connectivity index (χ4v) is 2.80. The molecule has 0 heterocycles. The Balaban J connectivity index is 1.71. The van der Waals surface area contributed by atoms with Crippen molar-refractivity contribution in [3.05, 3.63) is 69.4 Å². The fraction of sp³-hybridized carbons (Fsp3) is 0.263. The van der Waals surface area contributed by atoms with Crippen LogP contribution in [0, 0.1) is 12.7 Å². The van der Waals surface area contributed by atoms with Crippen LogP contribution in [0.5, 0.6) is 0 Å². The zero-order valence-electron chi connectivity index (χ0n) is 13.9. The molecule has 0 spiro atoms. The highest BCUT2D eigenvalue weighted by atomic mass is 79.9. The summed E-state index contributed by atoms with van der Waals surface area (Å²) < 4.78 is 13.7. The third-order valence-corrected chi connectivity index (χ3v) is 4.48. The first-order valence-electron chi connectivity index (χ1n) is 8.02. The molecule has 2 N–H and O–H groups in total. The number of carbonyl (C=O) groups excluding carboxylic acids is 2. The molecule has 0 saturated heterocycles. The third kappa shape index (κ3) is 5.98. The van der Waals surface area contributed by atoms with Crippen molar-refractivity contribution in [3.63, 3.8) is 0 Å². The van der Waals surface area contributed by atoms with Crippen molar-refractivity contribution in [3.8, 4) is 0 Å². The predicted molar refractivity (Wildman–Crippen MR) is 98.9 cm³/mol. The Labute approximate surface area is 154 Å². The van der Waals surface area contributed by atoms with Crippen molar-refractivity contribution in [2.45, 2.75) is 19.8 Å². The predicted octanol–water partition coefficient (Wildman–Crippen LogP) is 3.38. The van der Waals surface area contributed by atoms with Gasteiger partial charge in [-0.3, -0.25) is 9.59 Å². The molecule has 2 rings (SSSR count). The van der Waals surface area contributed by atoms with Crippen LogP contribution in [0.3, 0.4) is 0 Å². The molecule has 6 heteroatoms. The van der Waals surface area contributed by atoms with Gasteiger partial charge in [-0.15, -0.1) is 0 Å². The second-order valence-electron chi connectivity index (χ2n) is 5.66. The minimum atomic E-state index is -0.484. The van der Waals surface area contributed by atoms with E-state index in [4.69, 9.17) is 0 Å². The number of nitrogens with one attached hydrogen (secondary N) is 2. The molecular weight excluding hydrogens is 387 g/mol. The number of carbonyl (C=O) groups is 2. The van der Waals surface area contributed by atoms with Gasteiger partial charge >= 0.3 is 0 Å². The van der Waals surface area contributed by atoms with E-state index in [1.807, 2.05) is 31.2 Å². The quantitative estimate of drug-likeness (QED) is 0.740. The first-order chi connectivity index (χ1) is 12.0. The van der Waals surface area contributed by atoms with E-state index in [0.29, 0.717) is 11.0 Å². The summed E-state index contributed by atoms with van der Waals surface area (Å²) in [6.45, 7) is 2.78. The molecule has 0 bridgehead atoms. The van der Waals surface area contributed by atoms with Crippen LogP contribution in [-0.4, -0.2) is 24.9 Å². The van der Waals surface area contributed by atoms with Gasteiger partial charge in [0.05, 0.1) is 5.56 Å². The smallest absolute Gasteiger partial charge is 0.252 e. The largest absolute Gasteiger partial charge is 0.356 e. The first kappa shape index (κ1) is 19.1. The van der Waals surface area contributed by atoms with Crippen LogP contribution in [0.1, 0.15) is 27.9 Å². The zero-order chi connectivity index (χ0) is 18.2. The molecule has 0 unspecified atom stereocenters. The van der Waals surface area contributed by atoms with E-state index in [-0.39, 0.29) is 24.4 Å². The normalized spacial score (nSPS) is 10.4. The number of hydrogen-bond donors (Lipinski definition) is 2. The molecule has 25 heavy (non-hydrogen) atoms. The second kappa shape index (κ2) is 9.32. The average molecular weight is 407 g/mol. The van der Waals surface area contributed by atoms with Crippen molar-refractivity contribution in [2.24, 2.45) is 0 Å². The monoisotopic (exact) mass is 406 g/mol. The molecular formula is C19H20BrFN2O2. The fourth-order valence-electron chi connectivity index (χ4n) is 2.37. The van der Waals surface area contributed by atoms with Crippen LogP contribution in [0.4, 0.5) is 4.39 Å². The molecule has 2 amide bonds. The number of halogens is 2. The summed E-state index contributed by atoms with van der Waals surface area (Å²) in [6.07, 6.45) is 0.938. The van der Waals surface area contributed by atoms with E-state index in [1.165, 1.54) is 23.3 Å². The Morgan fingerprint density at radius 3 is 2.60 bits per heavy atom. The Kier molecular flexibility index (Phi) is 7.13. The summed E-state index contributed by atoms with van der Waals surface area (Å²) in [5, 5.41) is 5.45. The molecule has 2 aromatic carbocycles. The molecule has 0 fully saturated rings. The van der Waals surface area contributed by atoms with Crippen LogP contribution in [-0.2, 0) is 11.2 Å². The Morgan fingerprint density at radius 2 is 1.84 bits per heavy atom. The standard InChI is InChI=1S/C19H20BrFN2O2/c1-13-4-2-3-5-14(13)8-10-22-18(24)9-11-23-19(25)16-12-15(21)6-7-17(16)20/h2-7,12H,8-11H2,1H3,(H,22,24)(H,23,25).